The summed E-state index contributed by atoms with van der Waals surface area (Å²) in [6, 6.07) is 21.7. The second-order valence-electron chi connectivity index (χ2n) is 8.21. The number of nitrogens with zero attached hydrogens (tertiary/aromatic N) is 2. The van der Waals surface area contributed by atoms with Gasteiger partial charge in [-0.2, -0.15) is 0 Å². The Labute approximate surface area is 171 Å². The molecular weight excluding hydrogens is 342 g/mol. The molecule has 0 bridgehead atoms. The fourth-order valence-electron chi connectivity index (χ4n) is 4.30. The predicted molar refractivity (Wildman–Crippen MR) is 118 cm³/mol. The monoisotopic (exact) mass is 378 g/mol. The van der Waals surface area contributed by atoms with Crippen molar-refractivity contribution >= 4 is 0 Å². The van der Waals surface area contributed by atoms with Gasteiger partial charge in [0.2, 0.25) is 0 Å². The summed E-state index contributed by atoms with van der Waals surface area (Å²) < 4.78 is 0. The molecule has 0 unspecified atom stereocenters. The molecule has 1 fully saturated rings. The highest BCUT2D eigenvalue weighted by Gasteiger charge is 2.18. The summed E-state index contributed by atoms with van der Waals surface area (Å²) in [5.74, 6) is 0.891. The smallest absolute Gasteiger partial charge is 0.0237 e. The fourth-order valence-corrected chi connectivity index (χ4v) is 4.30. The average Bonchev–Trinajstić information content (AvgIpc) is 2.74. The van der Waals surface area contributed by atoms with Gasteiger partial charge in [-0.25, -0.2) is 0 Å². The normalized spacial score (nSPS) is 15.9. The molecule has 0 spiro atoms. The van der Waals surface area contributed by atoms with Crippen LogP contribution >= 0.6 is 0 Å². The minimum Gasteiger partial charge on any atom is -0.303 e. The van der Waals surface area contributed by atoms with Crippen LogP contribution in [0.5, 0.6) is 0 Å². The Kier molecular flexibility index (Phi) is 9.02. The van der Waals surface area contributed by atoms with Crippen LogP contribution in [0.2, 0.25) is 0 Å². The Morgan fingerprint density at radius 3 is 1.93 bits per heavy atom. The first-order valence-corrected chi connectivity index (χ1v) is 11.0. The van der Waals surface area contributed by atoms with Crippen molar-refractivity contribution in [1.82, 2.24) is 15.5 Å². The van der Waals surface area contributed by atoms with Crippen molar-refractivity contribution in [3.63, 3.8) is 0 Å². The molecule has 1 aliphatic heterocycles. The van der Waals surface area contributed by atoms with Crippen molar-refractivity contribution in [2.45, 2.75) is 45.2 Å². The van der Waals surface area contributed by atoms with E-state index >= 15 is 0 Å². The molecule has 1 N–H and O–H groups in total. The van der Waals surface area contributed by atoms with Crippen LogP contribution in [0.4, 0.5) is 0 Å². The van der Waals surface area contributed by atoms with Gasteiger partial charge in [-0.1, -0.05) is 60.7 Å². The summed E-state index contributed by atoms with van der Waals surface area (Å²) in [5, 5.41) is 0. The third-order valence-corrected chi connectivity index (χ3v) is 5.94. The standard InChI is InChI=1S/C25H36N3/c26-16-8-18-27-19-14-23(15-20-27)13-7-17-28(21-24-9-3-1-4-10-24)22-25-11-5-2-6-12-25/h1-6,9-12,23,26H,7-8,13-22H2. The summed E-state index contributed by atoms with van der Waals surface area (Å²) >= 11 is 0. The zero-order valence-electron chi connectivity index (χ0n) is 17.2. The Morgan fingerprint density at radius 1 is 0.821 bits per heavy atom. The number of likely N-dealkylation sites (tertiary alicyclic amines) is 1. The third kappa shape index (κ3) is 7.38. The summed E-state index contributed by atoms with van der Waals surface area (Å²) in [6.07, 6.45) is 6.35. The minimum absolute atomic E-state index is 0.568. The number of piperidine rings is 1. The largest absolute Gasteiger partial charge is 0.303 e. The summed E-state index contributed by atoms with van der Waals surface area (Å²) in [7, 11) is 0. The highest BCUT2D eigenvalue weighted by molar-refractivity contribution is 5.17. The molecule has 1 saturated heterocycles. The van der Waals surface area contributed by atoms with E-state index in [4.69, 9.17) is 5.73 Å². The number of benzene rings is 2. The van der Waals surface area contributed by atoms with Gasteiger partial charge >= 0.3 is 0 Å². The lowest BCUT2D eigenvalue weighted by Crippen LogP contribution is -2.35. The average molecular weight is 379 g/mol. The molecule has 1 aliphatic rings. The Morgan fingerprint density at radius 2 is 1.39 bits per heavy atom. The maximum absolute atomic E-state index is 7.32. The number of rotatable bonds is 11. The Bertz CT molecular complexity index is 594. The van der Waals surface area contributed by atoms with Gasteiger partial charge < -0.3 is 4.90 Å². The van der Waals surface area contributed by atoms with Crippen LogP contribution < -0.4 is 5.73 Å². The molecule has 0 saturated carbocycles. The number of nitrogens with one attached hydrogen (secondary N) is 1. The van der Waals surface area contributed by atoms with Crippen LogP contribution in [0.15, 0.2) is 60.7 Å². The van der Waals surface area contributed by atoms with Gasteiger partial charge in [-0.15, -0.1) is 0 Å². The van der Waals surface area contributed by atoms with Crippen molar-refractivity contribution in [3.05, 3.63) is 71.8 Å². The molecule has 1 heterocycles. The molecule has 0 aliphatic carbocycles. The van der Waals surface area contributed by atoms with Crippen molar-refractivity contribution in [2.24, 2.45) is 5.92 Å². The van der Waals surface area contributed by atoms with E-state index in [1.165, 1.54) is 56.4 Å². The molecule has 2 aromatic carbocycles. The topological polar surface area (TPSA) is 30.3 Å². The van der Waals surface area contributed by atoms with Crippen LogP contribution in [0.1, 0.15) is 43.2 Å². The molecule has 0 aromatic heterocycles. The van der Waals surface area contributed by atoms with Gasteiger partial charge in [0.25, 0.3) is 0 Å². The molecule has 3 rings (SSSR count). The van der Waals surface area contributed by atoms with Crippen LogP contribution in [0.25, 0.3) is 0 Å². The molecule has 3 nitrogen and oxygen atoms in total. The summed E-state index contributed by atoms with van der Waals surface area (Å²) in [5.41, 5.74) is 10.1. The first-order valence-electron chi connectivity index (χ1n) is 11.0. The first-order chi connectivity index (χ1) is 13.8. The van der Waals surface area contributed by atoms with Gasteiger partial charge in [0, 0.05) is 19.6 Å². The number of hydrogen-bond acceptors (Lipinski definition) is 2. The molecule has 0 amide bonds. The van der Waals surface area contributed by atoms with Crippen molar-refractivity contribution in [1.29, 1.82) is 0 Å². The van der Waals surface area contributed by atoms with Crippen molar-refractivity contribution in [3.8, 4) is 0 Å². The van der Waals surface area contributed by atoms with Gasteiger partial charge in [0.05, 0.1) is 0 Å². The van der Waals surface area contributed by atoms with Crippen LogP contribution in [0, 0.1) is 5.92 Å². The molecule has 1 radical (unpaired) electrons. The first kappa shape index (κ1) is 21.0. The summed E-state index contributed by atoms with van der Waals surface area (Å²) in [6.45, 7) is 7.40. The minimum atomic E-state index is 0.568. The maximum Gasteiger partial charge on any atom is 0.0237 e. The molecular formula is C25H36N3. The van der Waals surface area contributed by atoms with Crippen LogP contribution in [-0.4, -0.2) is 42.5 Å². The van der Waals surface area contributed by atoms with E-state index in [2.05, 4.69) is 70.5 Å². The zero-order valence-corrected chi connectivity index (χ0v) is 17.2. The maximum atomic E-state index is 7.32. The lowest BCUT2D eigenvalue weighted by atomic mass is 9.92. The number of hydrogen-bond donors (Lipinski definition) is 0. The quantitative estimate of drug-likeness (QED) is 0.559. The highest BCUT2D eigenvalue weighted by atomic mass is 15.1. The van der Waals surface area contributed by atoms with Crippen LogP contribution in [-0.2, 0) is 13.1 Å². The molecule has 2 aromatic rings. The lowest BCUT2D eigenvalue weighted by Gasteiger charge is -2.32. The van der Waals surface area contributed by atoms with E-state index in [-0.39, 0.29) is 0 Å². The second kappa shape index (κ2) is 12.0. The third-order valence-electron chi connectivity index (χ3n) is 5.94. The van der Waals surface area contributed by atoms with E-state index in [9.17, 15) is 0 Å². The van der Waals surface area contributed by atoms with Gasteiger partial charge in [-0.3, -0.25) is 10.6 Å². The van der Waals surface area contributed by atoms with Gasteiger partial charge in [0.15, 0.2) is 0 Å². The van der Waals surface area contributed by atoms with Gasteiger partial charge in [-0.05, 0) is 75.3 Å². The Balaban J connectivity index is 1.45. The molecule has 0 atom stereocenters. The predicted octanol–water partition coefficient (Wildman–Crippen LogP) is 4.85. The Hall–Kier alpha value is -1.68. The van der Waals surface area contributed by atoms with Crippen molar-refractivity contribution < 1.29 is 0 Å². The van der Waals surface area contributed by atoms with Gasteiger partial charge in [0.1, 0.15) is 0 Å². The fraction of sp³-hybridized carbons (Fsp3) is 0.520. The summed E-state index contributed by atoms with van der Waals surface area (Å²) in [4.78, 5) is 5.16. The van der Waals surface area contributed by atoms with E-state index in [1.807, 2.05) is 0 Å². The SMILES string of the molecule is [NH]CCCN1CCC(CCCN(Cc2ccccc2)Cc2ccccc2)CC1. The van der Waals surface area contributed by atoms with E-state index in [1.54, 1.807) is 0 Å². The molecule has 3 heteroatoms. The van der Waals surface area contributed by atoms with E-state index < -0.39 is 0 Å². The molecule has 28 heavy (non-hydrogen) atoms. The highest BCUT2D eigenvalue weighted by Crippen LogP contribution is 2.22. The van der Waals surface area contributed by atoms with Crippen molar-refractivity contribution in [2.75, 3.05) is 32.7 Å². The van der Waals surface area contributed by atoms with E-state index in [0.29, 0.717) is 6.54 Å². The second-order valence-corrected chi connectivity index (χ2v) is 8.21. The van der Waals surface area contributed by atoms with Crippen LogP contribution in [0.3, 0.4) is 0 Å². The van der Waals surface area contributed by atoms with E-state index in [0.717, 1.165) is 32.0 Å². The molecule has 151 valence electrons. The lowest BCUT2D eigenvalue weighted by molar-refractivity contribution is 0.169. The zero-order chi connectivity index (χ0) is 19.4.